The number of piperidine rings is 1. The zero-order valence-corrected chi connectivity index (χ0v) is 15.3. The van der Waals surface area contributed by atoms with Gasteiger partial charge in [0.15, 0.2) is 0 Å². The first-order valence-corrected chi connectivity index (χ1v) is 9.31. The van der Waals surface area contributed by atoms with Crippen molar-refractivity contribution in [3.8, 4) is 0 Å². The molecule has 1 aromatic rings. The minimum Gasteiger partial charge on any atom is -0.441 e. The molecule has 0 radical (unpaired) electrons. The molecule has 0 saturated carbocycles. The summed E-state index contributed by atoms with van der Waals surface area (Å²) in [5.74, 6) is 0.220. The number of hydrogen-bond donors (Lipinski definition) is 0. The Morgan fingerprint density at radius 2 is 1.80 bits per heavy atom. The number of likely N-dealkylation sites (tertiary alicyclic amines) is 1. The van der Waals surface area contributed by atoms with Crippen LogP contribution in [0.4, 0.5) is 4.79 Å². The second kappa shape index (κ2) is 7.46. The van der Waals surface area contributed by atoms with Crippen molar-refractivity contribution in [2.75, 3.05) is 26.7 Å². The number of amides is 2. The van der Waals surface area contributed by atoms with Crippen molar-refractivity contribution in [1.82, 2.24) is 9.80 Å². The van der Waals surface area contributed by atoms with E-state index in [1.54, 1.807) is 11.9 Å². The number of rotatable bonds is 5. The fourth-order valence-electron chi connectivity index (χ4n) is 3.76. The molecule has 2 fully saturated rings. The monoisotopic (exact) mass is 344 g/mol. The van der Waals surface area contributed by atoms with Gasteiger partial charge in [-0.25, -0.2) is 4.79 Å². The summed E-state index contributed by atoms with van der Waals surface area (Å²) in [4.78, 5) is 27.6. The third kappa shape index (κ3) is 4.14. The van der Waals surface area contributed by atoms with Gasteiger partial charge in [0.2, 0.25) is 5.91 Å². The Morgan fingerprint density at radius 1 is 1.16 bits per heavy atom. The maximum Gasteiger partial charge on any atom is 0.410 e. The Labute approximate surface area is 149 Å². The minimum atomic E-state index is -0.371. The number of ether oxygens (including phenoxy) is 1. The molecule has 25 heavy (non-hydrogen) atoms. The van der Waals surface area contributed by atoms with E-state index < -0.39 is 0 Å². The van der Waals surface area contributed by atoms with E-state index in [-0.39, 0.29) is 17.6 Å². The average molecular weight is 344 g/mol. The van der Waals surface area contributed by atoms with E-state index in [4.69, 9.17) is 4.74 Å². The highest BCUT2D eigenvalue weighted by Gasteiger charge is 2.46. The van der Waals surface area contributed by atoms with Crippen LogP contribution in [-0.4, -0.2) is 54.1 Å². The van der Waals surface area contributed by atoms with Crippen LogP contribution in [0.15, 0.2) is 24.3 Å². The molecule has 1 aromatic carbocycles. The molecule has 5 heteroatoms. The largest absolute Gasteiger partial charge is 0.441 e. The quantitative estimate of drug-likeness (QED) is 0.825. The van der Waals surface area contributed by atoms with E-state index in [1.807, 2.05) is 4.90 Å². The lowest BCUT2D eigenvalue weighted by Crippen LogP contribution is -2.48. The van der Waals surface area contributed by atoms with Gasteiger partial charge in [-0.15, -0.1) is 0 Å². The molecule has 0 aromatic heterocycles. The first-order chi connectivity index (χ1) is 12.0. The standard InChI is InChI=1S/C20H28N2O3/c1-3-16-7-9-17(10-8-16)5-4-6-18(23)22-13-11-20(12-14-22)15-21(2)19(24)25-20/h7-10H,3-6,11-15H2,1-2H3. The van der Waals surface area contributed by atoms with Crippen molar-refractivity contribution < 1.29 is 14.3 Å². The van der Waals surface area contributed by atoms with Crippen molar-refractivity contribution in [2.45, 2.75) is 51.0 Å². The fraction of sp³-hybridized carbons (Fsp3) is 0.600. The summed E-state index contributed by atoms with van der Waals surface area (Å²) >= 11 is 0. The van der Waals surface area contributed by atoms with E-state index in [9.17, 15) is 9.59 Å². The van der Waals surface area contributed by atoms with Gasteiger partial charge in [0.25, 0.3) is 0 Å². The van der Waals surface area contributed by atoms with Crippen molar-refractivity contribution in [3.05, 3.63) is 35.4 Å². The van der Waals surface area contributed by atoms with Crippen LogP contribution in [0, 0.1) is 0 Å². The number of carbonyl (C=O) groups excluding carboxylic acids is 2. The Morgan fingerprint density at radius 3 is 2.36 bits per heavy atom. The number of hydrogen-bond acceptors (Lipinski definition) is 3. The molecule has 1 spiro atoms. The van der Waals surface area contributed by atoms with Crippen LogP contribution in [0.3, 0.4) is 0 Å². The fourth-order valence-corrected chi connectivity index (χ4v) is 3.76. The smallest absolute Gasteiger partial charge is 0.410 e. The molecule has 2 heterocycles. The second-order valence-corrected chi connectivity index (χ2v) is 7.31. The summed E-state index contributed by atoms with van der Waals surface area (Å²) in [6, 6.07) is 8.67. The predicted octanol–water partition coefficient (Wildman–Crippen LogP) is 3.01. The summed E-state index contributed by atoms with van der Waals surface area (Å²) in [7, 11) is 1.77. The van der Waals surface area contributed by atoms with E-state index in [0.717, 1.165) is 32.1 Å². The number of nitrogens with zero attached hydrogens (tertiary/aromatic N) is 2. The molecule has 136 valence electrons. The van der Waals surface area contributed by atoms with Gasteiger partial charge in [-0.3, -0.25) is 4.79 Å². The van der Waals surface area contributed by atoms with Gasteiger partial charge in [-0.1, -0.05) is 31.2 Å². The molecule has 5 nitrogen and oxygen atoms in total. The molecule has 2 aliphatic heterocycles. The SMILES string of the molecule is CCc1ccc(CCCC(=O)N2CCC3(CC2)CN(C)C(=O)O3)cc1. The van der Waals surface area contributed by atoms with Gasteiger partial charge in [0.05, 0.1) is 6.54 Å². The molecule has 0 aliphatic carbocycles. The summed E-state index contributed by atoms with van der Waals surface area (Å²) in [6.07, 6.45) is 4.71. The Bertz CT molecular complexity index is 618. The van der Waals surface area contributed by atoms with E-state index >= 15 is 0 Å². The van der Waals surface area contributed by atoms with Gasteiger partial charge in [-0.05, 0) is 30.4 Å². The highest BCUT2D eigenvalue weighted by molar-refractivity contribution is 5.76. The van der Waals surface area contributed by atoms with Crippen molar-refractivity contribution >= 4 is 12.0 Å². The molecular weight excluding hydrogens is 316 g/mol. The molecule has 3 rings (SSSR count). The normalized spacial score (nSPS) is 19.4. The first-order valence-electron chi connectivity index (χ1n) is 9.31. The van der Waals surface area contributed by atoms with Crippen LogP contribution in [0.1, 0.15) is 43.7 Å². The summed E-state index contributed by atoms with van der Waals surface area (Å²) in [5.41, 5.74) is 2.27. The van der Waals surface area contributed by atoms with E-state index in [2.05, 4.69) is 31.2 Å². The van der Waals surface area contributed by atoms with Crippen molar-refractivity contribution in [2.24, 2.45) is 0 Å². The van der Waals surface area contributed by atoms with Crippen LogP contribution < -0.4 is 0 Å². The Kier molecular flexibility index (Phi) is 5.30. The minimum absolute atomic E-state index is 0.220. The third-order valence-electron chi connectivity index (χ3n) is 5.46. The molecule has 0 atom stereocenters. The molecule has 0 unspecified atom stereocenters. The van der Waals surface area contributed by atoms with Crippen LogP contribution in [-0.2, 0) is 22.4 Å². The average Bonchev–Trinajstić information content (AvgIpc) is 2.89. The number of aryl methyl sites for hydroxylation is 2. The van der Waals surface area contributed by atoms with Crippen LogP contribution in [0.5, 0.6) is 0 Å². The first kappa shape index (κ1) is 17.8. The van der Waals surface area contributed by atoms with Crippen molar-refractivity contribution in [3.63, 3.8) is 0 Å². The zero-order valence-electron chi connectivity index (χ0n) is 15.3. The highest BCUT2D eigenvalue weighted by atomic mass is 16.6. The summed E-state index contributed by atoms with van der Waals surface area (Å²) in [6.45, 7) is 4.17. The van der Waals surface area contributed by atoms with E-state index in [0.29, 0.717) is 26.1 Å². The molecule has 2 saturated heterocycles. The zero-order chi connectivity index (χ0) is 17.9. The molecule has 2 aliphatic rings. The second-order valence-electron chi connectivity index (χ2n) is 7.31. The number of carbonyl (C=O) groups is 2. The van der Waals surface area contributed by atoms with Gasteiger partial charge in [-0.2, -0.15) is 0 Å². The lowest BCUT2D eigenvalue weighted by molar-refractivity contribution is -0.134. The van der Waals surface area contributed by atoms with Crippen molar-refractivity contribution in [1.29, 1.82) is 0 Å². The van der Waals surface area contributed by atoms with Crippen LogP contribution in [0.25, 0.3) is 0 Å². The third-order valence-corrected chi connectivity index (χ3v) is 5.46. The Hall–Kier alpha value is -2.04. The van der Waals surface area contributed by atoms with Gasteiger partial charge >= 0.3 is 6.09 Å². The molecule has 0 bridgehead atoms. The Balaban J connectivity index is 1.41. The number of likely N-dealkylation sites (N-methyl/N-ethyl adjacent to an activating group) is 1. The lowest BCUT2D eigenvalue weighted by atomic mass is 9.91. The maximum atomic E-state index is 12.4. The van der Waals surface area contributed by atoms with Crippen LogP contribution in [0.2, 0.25) is 0 Å². The molecule has 2 amide bonds. The molecule has 0 N–H and O–H groups in total. The number of benzene rings is 1. The topological polar surface area (TPSA) is 49.9 Å². The predicted molar refractivity (Wildman–Crippen MR) is 96.4 cm³/mol. The maximum absolute atomic E-state index is 12.4. The summed E-state index contributed by atoms with van der Waals surface area (Å²) in [5, 5.41) is 0. The van der Waals surface area contributed by atoms with Gasteiger partial charge in [0.1, 0.15) is 5.60 Å². The highest BCUT2D eigenvalue weighted by Crippen LogP contribution is 2.32. The lowest BCUT2D eigenvalue weighted by Gasteiger charge is -2.37. The van der Waals surface area contributed by atoms with Gasteiger partial charge < -0.3 is 14.5 Å². The summed E-state index contributed by atoms with van der Waals surface area (Å²) < 4.78 is 5.54. The van der Waals surface area contributed by atoms with Crippen LogP contribution >= 0.6 is 0 Å². The molecular formula is C20H28N2O3. The van der Waals surface area contributed by atoms with E-state index in [1.165, 1.54) is 11.1 Å². The van der Waals surface area contributed by atoms with Gasteiger partial charge in [0, 0.05) is 39.4 Å².